The number of ether oxygens (including phenoxy) is 2. The zero-order valence-electron chi connectivity index (χ0n) is 25.1. The van der Waals surface area contributed by atoms with Gasteiger partial charge < -0.3 is 19.7 Å². The fraction of sp³-hybridized carbons (Fsp3) is 0.455. The van der Waals surface area contributed by atoms with Crippen molar-refractivity contribution in [2.24, 2.45) is 0 Å². The number of hydrogen-bond acceptors (Lipinski definition) is 5. The van der Waals surface area contributed by atoms with Gasteiger partial charge in [0.15, 0.2) is 11.6 Å². The Labute approximate surface area is 245 Å². The molecule has 0 heterocycles. The van der Waals surface area contributed by atoms with Crippen LogP contribution in [0.1, 0.15) is 66.9 Å². The number of nitrogens with one attached hydrogen (secondary N) is 1. The summed E-state index contributed by atoms with van der Waals surface area (Å²) in [4.78, 5) is 28.7. The molecule has 0 aliphatic rings. The monoisotopic (exact) mass is 567 g/mol. The van der Waals surface area contributed by atoms with E-state index in [0.29, 0.717) is 32.7 Å². The van der Waals surface area contributed by atoms with Gasteiger partial charge in [-0.1, -0.05) is 43.7 Å². The van der Waals surface area contributed by atoms with E-state index in [0.717, 1.165) is 49.0 Å². The molecule has 0 bridgehead atoms. The lowest BCUT2D eigenvalue weighted by molar-refractivity contribution is -0.125. The molecule has 0 saturated heterocycles. The molecule has 224 valence electrons. The van der Waals surface area contributed by atoms with E-state index in [1.165, 1.54) is 12.1 Å². The predicted octanol–water partition coefficient (Wildman–Crippen LogP) is 6.09. The highest BCUT2D eigenvalue weighted by molar-refractivity contribution is 5.94. The van der Waals surface area contributed by atoms with Crippen molar-refractivity contribution in [3.8, 4) is 11.5 Å². The number of carbonyl (C=O) groups is 2. The lowest BCUT2D eigenvalue weighted by Crippen LogP contribution is -2.43. The van der Waals surface area contributed by atoms with Crippen molar-refractivity contribution in [1.82, 2.24) is 15.1 Å². The Kier molecular flexibility index (Phi) is 14.7. The molecule has 2 aromatic rings. The molecule has 7 nitrogen and oxygen atoms in total. The summed E-state index contributed by atoms with van der Waals surface area (Å²) in [5.41, 5.74) is 2.08. The topological polar surface area (TPSA) is 71.1 Å². The Bertz CT molecular complexity index is 1150. The highest BCUT2D eigenvalue weighted by Crippen LogP contribution is 2.23. The van der Waals surface area contributed by atoms with Crippen LogP contribution >= 0.6 is 0 Å². The molecule has 41 heavy (non-hydrogen) atoms. The maximum absolute atomic E-state index is 14.6. The van der Waals surface area contributed by atoms with Gasteiger partial charge in [0.1, 0.15) is 5.75 Å². The molecule has 0 radical (unpaired) electrons. The Morgan fingerprint density at radius 3 is 2.51 bits per heavy atom. The number of unbranched alkanes of at least 4 members (excludes halogenated alkanes) is 3. The molecule has 0 fully saturated rings. The molecular formula is C33H46FN3O4. The van der Waals surface area contributed by atoms with E-state index < -0.39 is 5.82 Å². The van der Waals surface area contributed by atoms with Crippen LogP contribution in [0.15, 0.2) is 55.6 Å². The Balaban J connectivity index is 1.81. The summed E-state index contributed by atoms with van der Waals surface area (Å²) in [7, 11) is 5.29. The van der Waals surface area contributed by atoms with Crippen molar-refractivity contribution in [1.29, 1.82) is 0 Å². The number of carbonyl (C=O) groups excluding carboxylic acids is 2. The van der Waals surface area contributed by atoms with E-state index in [4.69, 9.17) is 9.47 Å². The number of benzene rings is 2. The van der Waals surface area contributed by atoms with Crippen LogP contribution in [-0.4, -0.2) is 68.6 Å². The lowest BCUT2D eigenvalue weighted by Gasteiger charge is -2.27. The first kappa shape index (κ1) is 33.6. The number of likely N-dealkylation sites (N-methyl/N-ethyl adjacent to an activating group) is 2. The van der Waals surface area contributed by atoms with Crippen LogP contribution in [-0.2, 0) is 11.3 Å². The standard InChI is InChI=1S/C33H46FN3O4/c1-7-10-17-29(32(38)35-4)37(6)24-26-23-27(20-19-25(26)8-2)41-22-14-12-11-13-21-36(5)33(39)28-16-15-18-30(31(28)34)40-9-3/h7-8,15-16,18-20,23,29H,1-2,9-14,17,21-22,24H2,3-6H3,(H,35,38). The molecule has 1 N–H and O–H groups in total. The third kappa shape index (κ3) is 10.4. The number of allylic oxidation sites excluding steroid dienone is 1. The smallest absolute Gasteiger partial charge is 0.256 e. The maximum Gasteiger partial charge on any atom is 0.256 e. The van der Waals surface area contributed by atoms with Crippen molar-refractivity contribution in [2.75, 3.05) is 40.9 Å². The largest absolute Gasteiger partial charge is 0.494 e. The Morgan fingerprint density at radius 2 is 1.83 bits per heavy atom. The van der Waals surface area contributed by atoms with E-state index in [2.05, 4.69) is 18.5 Å². The third-order valence-electron chi connectivity index (χ3n) is 6.98. The van der Waals surface area contributed by atoms with E-state index in [1.54, 1.807) is 32.0 Å². The second kappa shape index (κ2) is 17.9. The quantitative estimate of drug-likeness (QED) is 0.164. The molecule has 2 rings (SSSR count). The van der Waals surface area contributed by atoms with E-state index in [-0.39, 0.29) is 29.2 Å². The van der Waals surface area contributed by atoms with Gasteiger partial charge in [0.25, 0.3) is 5.91 Å². The van der Waals surface area contributed by atoms with E-state index >= 15 is 0 Å². The fourth-order valence-electron chi connectivity index (χ4n) is 4.63. The van der Waals surface area contributed by atoms with Gasteiger partial charge in [-0.3, -0.25) is 14.5 Å². The van der Waals surface area contributed by atoms with Crippen LogP contribution in [0.5, 0.6) is 11.5 Å². The first-order chi connectivity index (χ1) is 19.8. The van der Waals surface area contributed by atoms with Crippen molar-refractivity contribution in [3.05, 3.63) is 78.1 Å². The van der Waals surface area contributed by atoms with Crippen molar-refractivity contribution < 1.29 is 23.5 Å². The van der Waals surface area contributed by atoms with Gasteiger partial charge in [-0.25, -0.2) is 4.39 Å². The van der Waals surface area contributed by atoms with Crippen molar-refractivity contribution >= 4 is 17.9 Å². The second-order valence-corrected chi connectivity index (χ2v) is 10.0. The average Bonchev–Trinajstić information content (AvgIpc) is 2.97. The van der Waals surface area contributed by atoms with E-state index in [1.807, 2.05) is 42.3 Å². The molecule has 0 aromatic heterocycles. The van der Waals surface area contributed by atoms with Crippen LogP contribution in [0.2, 0.25) is 0 Å². The van der Waals surface area contributed by atoms with Gasteiger partial charge in [0.2, 0.25) is 5.91 Å². The molecule has 0 aliphatic carbocycles. The zero-order chi connectivity index (χ0) is 30.2. The molecule has 2 amide bonds. The molecule has 0 aliphatic heterocycles. The van der Waals surface area contributed by atoms with Crippen LogP contribution in [0.4, 0.5) is 4.39 Å². The SMILES string of the molecule is C=CCCC(C(=O)NC)N(C)Cc1cc(OCCCCCCN(C)C(=O)c2cccc(OCC)c2F)ccc1C=C. The van der Waals surface area contributed by atoms with E-state index in [9.17, 15) is 14.0 Å². The summed E-state index contributed by atoms with van der Waals surface area (Å²) < 4.78 is 25.9. The first-order valence-electron chi connectivity index (χ1n) is 14.3. The van der Waals surface area contributed by atoms with Gasteiger partial charge in [-0.2, -0.15) is 0 Å². The summed E-state index contributed by atoms with van der Waals surface area (Å²) in [6, 6.07) is 10.3. The summed E-state index contributed by atoms with van der Waals surface area (Å²) >= 11 is 0. The van der Waals surface area contributed by atoms with Crippen LogP contribution in [0.3, 0.4) is 0 Å². The summed E-state index contributed by atoms with van der Waals surface area (Å²) in [6.45, 7) is 11.5. The fourth-order valence-corrected chi connectivity index (χ4v) is 4.63. The van der Waals surface area contributed by atoms with Gasteiger partial charge in [0.05, 0.1) is 24.8 Å². The minimum atomic E-state index is -0.613. The number of nitrogens with zero attached hydrogens (tertiary/aromatic N) is 2. The minimum absolute atomic E-state index is 0.0135. The lowest BCUT2D eigenvalue weighted by atomic mass is 10.0. The molecule has 8 heteroatoms. The van der Waals surface area contributed by atoms with Gasteiger partial charge in [0, 0.05) is 27.2 Å². The summed E-state index contributed by atoms with van der Waals surface area (Å²) in [6.07, 6.45) is 8.67. The predicted molar refractivity (Wildman–Crippen MR) is 164 cm³/mol. The zero-order valence-corrected chi connectivity index (χ0v) is 25.1. The number of hydrogen-bond donors (Lipinski definition) is 1. The second-order valence-electron chi connectivity index (χ2n) is 10.0. The van der Waals surface area contributed by atoms with Crippen LogP contribution < -0.4 is 14.8 Å². The Morgan fingerprint density at radius 1 is 1.07 bits per heavy atom. The average molecular weight is 568 g/mol. The normalized spacial score (nSPS) is 11.6. The number of rotatable bonds is 19. The molecule has 1 unspecified atom stereocenters. The van der Waals surface area contributed by atoms with Crippen LogP contribution in [0.25, 0.3) is 6.08 Å². The van der Waals surface area contributed by atoms with Crippen LogP contribution in [0, 0.1) is 5.82 Å². The highest BCUT2D eigenvalue weighted by atomic mass is 19.1. The van der Waals surface area contributed by atoms with Gasteiger partial charge >= 0.3 is 0 Å². The van der Waals surface area contributed by atoms with Gasteiger partial charge in [-0.05, 0) is 75.0 Å². The Hall–Kier alpha value is -3.65. The molecule has 1 atom stereocenters. The first-order valence-corrected chi connectivity index (χ1v) is 14.3. The molecular weight excluding hydrogens is 521 g/mol. The van der Waals surface area contributed by atoms with Crippen molar-refractivity contribution in [2.45, 2.75) is 58.0 Å². The highest BCUT2D eigenvalue weighted by Gasteiger charge is 2.22. The number of amides is 2. The molecule has 0 saturated carbocycles. The van der Waals surface area contributed by atoms with Crippen molar-refractivity contribution in [3.63, 3.8) is 0 Å². The molecule has 2 aromatic carbocycles. The summed E-state index contributed by atoms with van der Waals surface area (Å²) in [5.74, 6) is -0.0948. The third-order valence-corrected chi connectivity index (χ3v) is 6.98. The maximum atomic E-state index is 14.6. The summed E-state index contributed by atoms with van der Waals surface area (Å²) in [5, 5.41) is 2.76. The van der Waals surface area contributed by atoms with Gasteiger partial charge in [-0.15, -0.1) is 6.58 Å². The molecule has 0 spiro atoms. The number of halogens is 1. The minimum Gasteiger partial charge on any atom is -0.494 e.